The van der Waals surface area contributed by atoms with Gasteiger partial charge >= 0.3 is 0 Å². The first-order valence-corrected chi connectivity index (χ1v) is 22.2. The third-order valence-electron chi connectivity index (χ3n) is 13.6. The maximum absolute atomic E-state index is 2.46. The second kappa shape index (κ2) is 14.7. The van der Waals surface area contributed by atoms with Crippen molar-refractivity contribution in [1.82, 2.24) is 0 Å². The van der Waals surface area contributed by atoms with E-state index in [2.05, 4.69) is 243 Å². The van der Waals surface area contributed by atoms with E-state index >= 15 is 0 Å². The molecule has 0 bridgehead atoms. The van der Waals surface area contributed by atoms with Crippen LogP contribution >= 0.6 is 0 Å². The van der Waals surface area contributed by atoms with E-state index in [1.807, 2.05) is 0 Å². The summed E-state index contributed by atoms with van der Waals surface area (Å²) < 4.78 is 0. The summed E-state index contributed by atoms with van der Waals surface area (Å²) in [5.41, 5.74) is 12.3. The molecule has 0 nitrogen and oxygen atoms in total. The smallest absolute Gasteiger partial charge is 0.00261 e. The van der Waals surface area contributed by atoms with Gasteiger partial charge in [-0.2, -0.15) is 0 Å². The highest BCUT2D eigenvalue weighted by Crippen LogP contribution is 2.47. The summed E-state index contributed by atoms with van der Waals surface area (Å²) in [4.78, 5) is 0. The summed E-state index contributed by atoms with van der Waals surface area (Å²) in [6.45, 7) is 0. The molecule has 0 spiro atoms. The van der Waals surface area contributed by atoms with Crippen LogP contribution in [0.5, 0.6) is 0 Å². The van der Waals surface area contributed by atoms with Crippen molar-refractivity contribution in [2.45, 2.75) is 0 Å². The van der Waals surface area contributed by atoms with E-state index in [9.17, 15) is 0 Å². The molecule has 13 aromatic carbocycles. The SMILES string of the molecule is c1ccc2cc3c(ccc4c(-c5ccc6c(-c7ccc(-c8cccc9ccccc89)cc7)c7ccccc7c(-c7ccc(-c8cccc9ccccc89)cc7)c6c5)cccc43)cc2c1. The van der Waals surface area contributed by atoms with Gasteiger partial charge in [-0.1, -0.05) is 224 Å². The topological polar surface area (TPSA) is 0 Å². The van der Waals surface area contributed by atoms with Crippen molar-refractivity contribution in [3.8, 4) is 55.6 Å². The van der Waals surface area contributed by atoms with Crippen LogP contribution in [0.4, 0.5) is 0 Å². The van der Waals surface area contributed by atoms with Crippen molar-refractivity contribution in [2.75, 3.05) is 0 Å². The van der Waals surface area contributed by atoms with Crippen molar-refractivity contribution in [1.29, 1.82) is 0 Å². The van der Waals surface area contributed by atoms with Gasteiger partial charge < -0.3 is 0 Å². The molecule has 0 N–H and O–H groups in total. The van der Waals surface area contributed by atoms with E-state index in [-0.39, 0.29) is 0 Å². The summed E-state index contributed by atoms with van der Waals surface area (Å²) >= 11 is 0. The molecule has 0 heteroatoms. The molecule has 0 aliphatic heterocycles. The highest BCUT2D eigenvalue weighted by atomic mass is 14.2. The maximum atomic E-state index is 2.46. The maximum Gasteiger partial charge on any atom is -0.00261 e. The summed E-state index contributed by atoms with van der Waals surface area (Å²) in [7, 11) is 0. The molecule has 0 aliphatic rings. The first-order chi connectivity index (χ1) is 31.7. The van der Waals surface area contributed by atoms with Gasteiger partial charge in [0.2, 0.25) is 0 Å². The Hall–Kier alpha value is -8.32. The molecule has 0 saturated carbocycles. The van der Waals surface area contributed by atoms with Crippen LogP contribution in [0.25, 0.3) is 131 Å². The summed E-state index contributed by atoms with van der Waals surface area (Å²) in [5.74, 6) is 0. The molecule has 0 amide bonds. The van der Waals surface area contributed by atoms with Gasteiger partial charge in [-0.15, -0.1) is 0 Å². The molecular formula is C64H40. The van der Waals surface area contributed by atoms with Crippen LogP contribution in [0, 0.1) is 0 Å². The van der Waals surface area contributed by atoms with E-state index in [0.29, 0.717) is 0 Å². The minimum atomic E-state index is 1.20. The Morgan fingerprint density at radius 3 is 1.14 bits per heavy atom. The number of fused-ring (bicyclic) bond motifs is 8. The first-order valence-electron chi connectivity index (χ1n) is 22.2. The molecule has 13 rings (SSSR count). The number of rotatable bonds is 5. The average Bonchev–Trinajstić information content (AvgIpc) is 3.37. The molecule has 296 valence electrons. The van der Waals surface area contributed by atoms with Crippen LogP contribution in [0.3, 0.4) is 0 Å². The Balaban J connectivity index is 1.04. The summed E-state index contributed by atoms with van der Waals surface area (Å²) in [5, 5.41) is 17.6. The summed E-state index contributed by atoms with van der Waals surface area (Å²) in [6, 6.07) is 90.1. The van der Waals surface area contributed by atoms with Gasteiger partial charge in [0.05, 0.1) is 0 Å². The van der Waals surface area contributed by atoms with Gasteiger partial charge in [-0.05, 0) is 149 Å². The lowest BCUT2D eigenvalue weighted by molar-refractivity contribution is 1.62. The molecule has 0 heterocycles. The van der Waals surface area contributed by atoms with Gasteiger partial charge in [-0.3, -0.25) is 0 Å². The number of benzene rings is 13. The Kier molecular flexibility index (Phi) is 8.32. The fraction of sp³-hybridized carbons (Fsp3) is 0. The standard InChI is InChI=1S/C64H40/c1-2-15-48-39-61-49(38-47(48)14-1)34-36-57-55(24-11-25-56(57)61)50-35-37-60-62(40-50)64(46-32-28-44(29-33-46)54-23-10-17-42-13-4-6-19-52(42)54)59-21-8-7-20-58(59)63(60)45-30-26-43(27-31-45)53-22-9-16-41-12-3-5-18-51(41)53/h1-40H. The predicted octanol–water partition coefficient (Wildman–Crippen LogP) is 18.1. The fourth-order valence-electron chi connectivity index (χ4n) is 10.6. The Morgan fingerprint density at radius 2 is 0.547 bits per heavy atom. The zero-order chi connectivity index (χ0) is 42.1. The quantitative estimate of drug-likeness (QED) is 0.120. The molecule has 0 radical (unpaired) electrons. The van der Waals surface area contributed by atoms with Gasteiger partial charge in [0.1, 0.15) is 0 Å². The number of hydrogen-bond acceptors (Lipinski definition) is 0. The van der Waals surface area contributed by atoms with E-state index in [0.717, 1.165) is 0 Å². The Morgan fingerprint density at radius 1 is 0.156 bits per heavy atom. The van der Waals surface area contributed by atoms with Gasteiger partial charge in [0.25, 0.3) is 0 Å². The summed E-state index contributed by atoms with van der Waals surface area (Å²) in [6.07, 6.45) is 0. The predicted molar refractivity (Wildman–Crippen MR) is 276 cm³/mol. The normalized spacial score (nSPS) is 11.8. The van der Waals surface area contributed by atoms with Crippen molar-refractivity contribution in [3.63, 3.8) is 0 Å². The Labute approximate surface area is 371 Å². The van der Waals surface area contributed by atoms with Crippen LogP contribution in [-0.4, -0.2) is 0 Å². The van der Waals surface area contributed by atoms with Crippen LogP contribution in [0.2, 0.25) is 0 Å². The van der Waals surface area contributed by atoms with Crippen molar-refractivity contribution >= 4 is 75.4 Å². The fourth-order valence-corrected chi connectivity index (χ4v) is 10.6. The van der Waals surface area contributed by atoms with E-state index in [1.54, 1.807) is 0 Å². The Bertz CT molecular complexity index is 3970. The van der Waals surface area contributed by atoms with Gasteiger partial charge in [0.15, 0.2) is 0 Å². The van der Waals surface area contributed by atoms with Crippen molar-refractivity contribution in [2.24, 2.45) is 0 Å². The highest BCUT2D eigenvalue weighted by Gasteiger charge is 2.19. The lowest BCUT2D eigenvalue weighted by atomic mass is 9.84. The van der Waals surface area contributed by atoms with Crippen molar-refractivity contribution < 1.29 is 0 Å². The van der Waals surface area contributed by atoms with E-state index in [4.69, 9.17) is 0 Å². The van der Waals surface area contributed by atoms with Gasteiger partial charge in [-0.25, -0.2) is 0 Å². The molecule has 0 unspecified atom stereocenters. The van der Waals surface area contributed by atoms with E-state index < -0.39 is 0 Å². The minimum absolute atomic E-state index is 1.20. The van der Waals surface area contributed by atoms with Crippen LogP contribution in [0.15, 0.2) is 243 Å². The number of hydrogen-bond donors (Lipinski definition) is 0. The molecule has 13 aromatic rings. The second-order valence-corrected chi connectivity index (χ2v) is 17.2. The second-order valence-electron chi connectivity index (χ2n) is 17.2. The minimum Gasteiger partial charge on any atom is -0.0616 e. The third-order valence-corrected chi connectivity index (χ3v) is 13.6. The van der Waals surface area contributed by atoms with Crippen LogP contribution in [-0.2, 0) is 0 Å². The highest BCUT2D eigenvalue weighted by molar-refractivity contribution is 6.23. The molecule has 0 aliphatic carbocycles. The van der Waals surface area contributed by atoms with Gasteiger partial charge in [0, 0.05) is 0 Å². The molecule has 0 aromatic heterocycles. The lowest BCUT2D eigenvalue weighted by Gasteiger charge is -2.20. The monoisotopic (exact) mass is 808 g/mol. The zero-order valence-corrected chi connectivity index (χ0v) is 35.1. The average molecular weight is 809 g/mol. The first kappa shape index (κ1) is 36.3. The van der Waals surface area contributed by atoms with Crippen molar-refractivity contribution in [3.05, 3.63) is 243 Å². The molecular weight excluding hydrogens is 769 g/mol. The molecule has 64 heavy (non-hydrogen) atoms. The molecule has 0 saturated heterocycles. The molecule has 0 atom stereocenters. The largest absolute Gasteiger partial charge is 0.0616 e. The van der Waals surface area contributed by atoms with E-state index in [1.165, 1.54) is 131 Å². The lowest BCUT2D eigenvalue weighted by Crippen LogP contribution is -1.92. The molecule has 0 fully saturated rings. The van der Waals surface area contributed by atoms with Crippen LogP contribution in [0.1, 0.15) is 0 Å². The third kappa shape index (κ3) is 5.84. The van der Waals surface area contributed by atoms with Crippen LogP contribution < -0.4 is 0 Å². The zero-order valence-electron chi connectivity index (χ0n) is 35.1.